The fourth-order valence-electron chi connectivity index (χ4n) is 2.11. The van der Waals surface area contributed by atoms with Crippen LogP contribution in [-0.2, 0) is 11.2 Å². The van der Waals surface area contributed by atoms with Gasteiger partial charge >= 0.3 is 0 Å². The Morgan fingerprint density at radius 1 is 1.47 bits per heavy atom. The Labute approximate surface area is 98.6 Å². The Balaban J connectivity index is 1.80. The lowest BCUT2D eigenvalue weighted by atomic mass is 9.95. The number of ketones is 1. The van der Waals surface area contributed by atoms with Crippen LogP contribution in [0.15, 0.2) is 36.7 Å². The first kappa shape index (κ1) is 10.1. The number of nitrogens with one attached hydrogen (secondary N) is 1. The number of H-pyrrole nitrogens is 1. The van der Waals surface area contributed by atoms with E-state index in [0.717, 1.165) is 11.3 Å². The van der Waals surface area contributed by atoms with E-state index in [9.17, 15) is 4.79 Å². The minimum atomic E-state index is -0.156. The number of nitrogens with zero attached hydrogens (tertiary/aromatic N) is 1. The molecule has 86 valence electrons. The summed E-state index contributed by atoms with van der Waals surface area (Å²) in [5.74, 6) is 1.52. The number of imidazole rings is 1. The van der Waals surface area contributed by atoms with Crippen LogP contribution in [0.4, 0.5) is 0 Å². The summed E-state index contributed by atoms with van der Waals surface area (Å²) in [4.78, 5) is 19.1. The molecule has 3 rings (SSSR count). The Kier molecular flexibility index (Phi) is 2.40. The summed E-state index contributed by atoms with van der Waals surface area (Å²) in [6.45, 7) is 0.443. The Morgan fingerprint density at radius 3 is 3.18 bits per heavy atom. The van der Waals surface area contributed by atoms with E-state index in [1.54, 1.807) is 12.4 Å². The minimum absolute atomic E-state index is 0.143. The second kappa shape index (κ2) is 4.05. The van der Waals surface area contributed by atoms with Crippen LogP contribution in [0, 0.1) is 0 Å². The molecule has 1 atom stereocenters. The van der Waals surface area contributed by atoms with Crippen LogP contribution in [0.5, 0.6) is 5.75 Å². The summed E-state index contributed by atoms with van der Waals surface area (Å²) >= 11 is 0. The van der Waals surface area contributed by atoms with Gasteiger partial charge in [0.25, 0.3) is 0 Å². The van der Waals surface area contributed by atoms with Crippen molar-refractivity contribution in [1.82, 2.24) is 9.97 Å². The Hall–Kier alpha value is -2.10. The molecule has 17 heavy (non-hydrogen) atoms. The van der Waals surface area contributed by atoms with Crippen LogP contribution in [0.1, 0.15) is 17.3 Å². The summed E-state index contributed by atoms with van der Waals surface area (Å²) in [5.41, 5.74) is 0.990. The number of Topliss-reactive ketones (excluding diaryl/α,β-unsaturated/α-hetero) is 1. The predicted octanol–water partition coefficient (Wildman–Crippen LogP) is 1.70. The number of ether oxygens (including phenoxy) is 1. The molecule has 0 fully saturated rings. The summed E-state index contributed by atoms with van der Waals surface area (Å²) in [6.07, 6.45) is 3.71. The lowest BCUT2D eigenvalue weighted by Gasteiger charge is -2.06. The van der Waals surface area contributed by atoms with E-state index in [2.05, 4.69) is 9.97 Å². The fraction of sp³-hybridized carbons (Fsp3) is 0.231. The van der Waals surface area contributed by atoms with Crippen molar-refractivity contribution in [1.29, 1.82) is 0 Å². The standard InChI is InChI=1S/C13H12N2O2/c16-11(7-13-14-5-6-15-13)10-8-17-12-4-2-1-3-9(10)12/h1-6,10H,7-8H2,(H,14,15). The third-order valence-electron chi connectivity index (χ3n) is 2.99. The maximum atomic E-state index is 12.1. The summed E-state index contributed by atoms with van der Waals surface area (Å²) < 4.78 is 5.50. The molecule has 1 N–H and O–H groups in total. The average molecular weight is 228 g/mol. The van der Waals surface area contributed by atoms with E-state index < -0.39 is 0 Å². The molecule has 0 aliphatic carbocycles. The van der Waals surface area contributed by atoms with Crippen molar-refractivity contribution in [3.8, 4) is 5.75 Å². The zero-order chi connectivity index (χ0) is 11.7. The third kappa shape index (κ3) is 1.82. The first-order valence-corrected chi connectivity index (χ1v) is 5.57. The van der Waals surface area contributed by atoms with E-state index in [0.29, 0.717) is 18.9 Å². The van der Waals surface area contributed by atoms with Crippen molar-refractivity contribution in [3.63, 3.8) is 0 Å². The molecule has 1 aliphatic rings. The van der Waals surface area contributed by atoms with Crippen molar-refractivity contribution in [2.75, 3.05) is 6.61 Å². The van der Waals surface area contributed by atoms with E-state index in [-0.39, 0.29) is 11.7 Å². The first-order chi connectivity index (χ1) is 8.34. The zero-order valence-electron chi connectivity index (χ0n) is 9.22. The van der Waals surface area contributed by atoms with Gasteiger partial charge in [0.05, 0.1) is 12.3 Å². The molecule has 0 amide bonds. The lowest BCUT2D eigenvalue weighted by Crippen LogP contribution is -2.16. The van der Waals surface area contributed by atoms with Crippen LogP contribution in [0.25, 0.3) is 0 Å². The number of carbonyl (C=O) groups is 1. The average Bonchev–Trinajstić information content (AvgIpc) is 2.96. The van der Waals surface area contributed by atoms with Gasteiger partial charge in [-0.3, -0.25) is 4.79 Å². The van der Waals surface area contributed by atoms with Gasteiger partial charge in [-0.05, 0) is 6.07 Å². The molecule has 1 aliphatic heterocycles. The largest absolute Gasteiger partial charge is 0.492 e. The molecule has 4 nitrogen and oxygen atoms in total. The third-order valence-corrected chi connectivity index (χ3v) is 2.99. The molecule has 1 aromatic heterocycles. The topological polar surface area (TPSA) is 55.0 Å². The molecular formula is C13H12N2O2. The van der Waals surface area contributed by atoms with Gasteiger partial charge in [0.1, 0.15) is 18.2 Å². The highest BCUT2D eigenvalue weighted by Crippen LogP contribution is 2.34. The molecule has 0 bridgehead atoms. The van der Waals surface area contributed by atoms with Crippen molar-refractivity contribution < 1.29 is 9.53 Å². The van der Waals surface area contributed by atoms with Gasteiger partial charge in [-0.25, -0.2) is 4.98 Å². The highest BCUT2D eigenvalue weighted by atomic mass is 16.5. The maximum absolute atomic E-state index is 12.1. The molecule has 0 saturated heterocycles. The molecule has 0 spiro atoms. The zero-order valence-corrected chi connectivity index (χ0v) is 9.22. The quantitative estimate of drug-likeness (QED) is 0.869. The Bertz CT molecular complexity index is 534. The van der Waals surface area contributed by atoms with Crippen LogP contribution >= 0.6 is 0 Å². The number of benzene rings is 1. The smallest absolute Gasteiger partial charge is 0.151 e. The van der Waals surface area contributed by atoms with Crippen LogP contribution in [0.2, 0.25) is 0 Å². The normalized spacial score (nSPS) is 17.5. The molecule has 4 heteroatoms. The number of para-hydroxylation sites is 1. The second-order valence-electron chi connectivity index (χ2n) is 4.08. The number of carbonyl (C=O) groups excluding carboxylic acids is 1. The number of hydrogen-bond acceptors (Lipinski definition) is 3. The van der Waals surface area contributed by atoms with E-state index in [1.807, 2.05) is 24.3 Å². The predicted molar refractivity (Wildman–Crippen MR) is 62.0 cm³/mol. The van der Waals surface area contributed by atoms with Gasteiger partial charge in [-0.2, -0.15) is 0 Å². The van der Waals surface area contributed by atoms with Crippen molar-refractivity contribution in [3.05, 3.63) is 48.0 Å². The molecular weight excluding hydrogens is 216 g/mol. The Morgan fingerprint density at radius 2 is 2.35 bits per heavy atom. The summed E-state index contributed by atoms with van der Waals surface area (Å²) in [6, 6.07) is 7.70. The van der Waals surface area contributed by atoms with Crippen LogP contribution < -0.4 is 4.74 Å². The highest BCUT2D eigenvalue weighted by molar-refractivity contribution is 5.88. The molecule has 0 saturated carbocycles. The molecule has 1 aromatic carbocycles. The number of hydrogen-bond donors (Lipinski definition) is 1. The minimum Gasteiger partial charge on any atom is -0.492 e. The van der Waals surface area contributed by atoms with Gasteiger partial charge in [0.2, 0.25) is 0 Å². The summed E-state index contributed by atoms with van der Waals surface area (Å²) in [5, 5.41) is 0. The van der Waals surface area contributed by atoms with Crippen LogP contribution in [-0.4, -0.2) is 22.4 Å². The SMILES string of the molecule is O=C(Cc1ncc[nH]1)C1COc2ccccc21. The molecule has 1 unspecified atom stereocenters. The van der Waals surface area contributed by atoms with Gasteiger partial charge in [0.15, 0.2) is 5.78 Å². The number of aromatic amines is 1. The molecule has 2 heterocycles. The first-order valence-electron chi connectivity index (χ1n) is 5.57. The highest BCUT2D eigenvalue weighted by Gasteiger charge is 2.29. The van der Waals surface area contributed by atoms with E-state index in [1.165, 1.54) is 0 Å². The number of aromatic nitrogens is 2. The monoisotopic (exact) mass is 228 g/mol. The molecule has 0 radical (unpaired) electrons. The second-order valence-corrected chi connectivity index (χ2v) is 4.08. The van der Waals surface area contributed by atoms with E-state index in [4.69, 9.17) is 4.74 Å². The van der Waals surface area contributed by atoms with Gasteiger partial charge in [-0.1, -0.05) is 18.2 Å². The maximum Gasteiger partial charge on any atom is 0.151 e. The number of rotatable bonds is 3. The lowest BCUT2D eigenvalue weighted by molar-refractivity contribution is -0.120. The van der Waals surface area contributed by atoms with Crippen molar-refractivity contribution in [2.45, 2.75) is 12.3 Å². The van der Waals surface area contributed by atoms with Crippen molar-refractivity contribution >= 4 is 5.78 Å². The fourth-order valence-corrected chi connectivity index (χ4v) is 2.11. The van der Waals surface area contributed by atoms with Gasteiger partial charge in [0, 0.05) is 18.0 Å². The number of fused-ring (bicyclic) bond motifs is 1. The van der Waals surface area contributed by atoms with E-state index >= 15 is 0 Å². The van der Waals surface area contributed by atoms with Gasteiger partial charge < -0.3 is 9.72 Å². The molecule has 2 aromatic rings. The van der Waals surface area contributed by atoms with Crippen LogP contribution in [0.3, 0.4) is 0 Å². The van der Waals surface area contributed by atoms with Gasteiger partial charge in [-0.15, -0.1) is 0 Å². The summed E-state index contributed by atoms with van der Waals surface area (Å²) in [7, 11) is 0. The van der Waals surface area contributed by atoms with Crippen molar-refractivity contribution in [2.24, 2.45) is 0 Å².